The van der Waals surface area contributed by atoms with E-state index < -0.39 is 11.5 Å². The lowest BCUT2D eigenvalue weighted by Gasteiger charge is -2.34. The Morgan fingerprint density at radius 2 is 2.14 bits per heavy atom. The maximum atomic E-state index is 11.1. The van der Waals surface area contributed by atoms with Gasteiger partial charge in [-0.05, 0) is 26.9 Å². The SMILES string of the molecule is CCCCN(C)C(C)(COC)C(=O)O. The van der Waals surface area contributed by atoms with Crippen LogP contribution in [0.25, 0.3) is 0 Å². The van der Waals surface area contributed by atoms with Crippen molar-refractivity contribution in [1.82, 2.24) is 4.90 Å². The van der Waals surface area contributed by atoms with Gasteiger partial charge in [0.1, 0.15) is 5.54 Å². The zero-order chi connectivity index (χ0) is 11.2. The summed E-state index contributed by atoms with van der Waals surface area (Å²) in [6.07, 6.45) is 2.07. The van der Waals surface area contributed by atoms with Gasteiger partial charge in [-0.25, -0.2) is 0 Å². The molecular formula is C10H21NO3. The van der Waals surface area contributed by atoms with E-state index in [9.17, 15) is 4.79 Å². The van der Waals surface area contributed by atoms with E-state index in [1.165, 1.54) is 7.11 Å². The minimum atomic E-state index is -0.913. The van der Waals surface area contributed by atoms with Crippen molar-refractivity contribution in [2.45, 2.75) is 32.2 Å². The van der Waals surface area contributed by atoms with Gasteiger partial charge in [-0.2, -0.15) is 0 Å². The van der Waals surface area contributed by atoms with Gasteiger partial charge in [0.05, 0.1) is 6.61 Å². The van der Waals surface area contributed by atoms with Crippen LogP contribution in [0.15, 0.2) is 0 Å². The van der Waals surface area contributed by atoms with Crippen molar-refractivity contribution in [3.05, 3.63) is 0 Å². The molecule has 1 unspecified atom stereocenters. The summed E-state index contributed by atoms with van der Waals surface area (Å²) in [6, 6.07) is 0. The maximum Gasteiger partial charge on any atom is 0.326 e. The standard InChI is InChI=1S/C10H21NO3/c1-5-6-7-11(3)10(2,8-14-4)9(12)13/h5-8H2,1-4H3,(H,12,13). The molecule has 4 nitrogen and oxygen atoms in total. The van der Waals surface area contributed by atoms with E-state index in [1.54, 1.807) is 6.92 Å². The molecule has 14 heavy (non-hydrogen) atoms. The number of methoxy groups -OCH3 is 1. The molecule has 0 saturated heterocycles. The lowest BCUT2D eigenvalue weighted by molar-refractivity contribution is -0.153. The first-order chi connectivity index (χ1) is 6.49. The topological polar surface area (TPSA) is 49.8 Å². The number of unbranched alkanes of at least 4 members (excludes halogenated alkanes) is 1. The van der Waals surface area contributed by atoms with Gasteiger partial charge in [-0.15, -0.1) is 0 Å². The molecule has 1 N–H and O–H groups in total. The Morgan fingerprint density at radius 3 is 2.50 bits per heavy atom. The number of nitrogens with zero attached hydrogens (tertiary/aromatic N) is 1. The third-order valence-electron chi connectivity index (χ3n) is 2.58. The van der Waals surface area contributed by atoms with Gasteiger partial charge in [0.15, 0.2) is 0 Å². The predicted octanol–water partition coefficient (Wildman–Crippen LogP) is 1.21. The molecule has 0 radical (unpaired) electrons. The molecule has 4 heteroatoms. The summed E-state index contributed by atoms with van der Waals surface area (Å²) in [7, 11) is 3.34. The third-order valence-corrected chi connectivity index (χ3v) is 2.58. The highest BCUT2D eigenvalue weighted by molar-refractivity contribution is 5.78. The fourth-order valence-electron chi connectivity index (χ4n) is 1.26. The highest BCUT2D eigenvalue weighted by Gasteiger charge is 2.37. The first kappa shape index (κ1) is 13.4. The van der Waals surface area contributed by atoms with Gasteiger partial charge >= 0.3 is 5.97 Å². The molecule has 1 atom stereocenters. The summed E-state index contributed by atoms with van der Waals surface area (Å²) >= 11 is 0. The van der Waals surface area contributed by atoms with Crippen LogP contribution in [0.5, 0.6) is 0 Å². The van der Waals surface area contributed by atoms with Crippen molar-refractivity contribution in [3.63, 3.8) is 0 Å². The van der Waals surface area contributed by atoms with E-state index in [2.05, 4.69) is 6.92 Å². The molecule has 0 aliphatic carbocycles. The number of hydrogen-bond donors (Lipinski definition) is 1. The molecule has 0 fully saturated rings. The van der Waals surface area contributed by atoms with Crippen molar-refractivity contribution in [1.29, 1.82) is 0 Å². The molecule has 0 bridgehead atoms. The molecule has 0 spiro atoms. The molecule has 0 aromatic heterocycles. The fraction of sp³-hybridized carbons (Fsp3) is 0.900. The first-order valence-electron chi connectivity index (χ1n) is 4.92. The number of ether oxygens (including phenoxy) is 1. The molecule has 0 rings (SSSR count). The second-order valence-electron chi connectivity index (χ2n) is 3.79. The minimum Gasteiger partial charge on any atom is -0.480 e. The van der Waals surface area contributed by atoms with Crippen molar-refractivity contribution in [2.24, 2.45) is 0 Å². The van der Waals surface area contributed by atoms with Gasteiger partial charge in [0, 0.05) is 7.11 Å². The second kappa shape index (κ2) is 5.98. The molecule has 0 aliphatic heterocycles. The number of aliphatic carboxylic acids is 1. The van der Waals surface area contributed by atoms with Crippen LogP contribution in [-0.4, -0.2) is 48.8 Å². The molecule has 84 valence electrons. The zero-order valence-corrected chi connectivity index (χ0v) is 9.54. The summed E-state index contributed by atoms with van der Waals surface area (Å²) in [5.74, 6) is -0.835. The smallest absolute Gasteiger partial charge is 0.326 e. The summed E-state index contributed by atoms with van der Waals surface area (Å²) < 4.78 is 4.95. The number of likely N-dealkylation sites (N-methyl/N-ethyl adjacent to an activating group) is 1. The summed E-state index contributed by atoms with van der Waals surface area (Å²) in [5, 5.41) is 9.11. The van der Waals surface area contributed by atoms with E-state index in [-0.39, 0.29) is 6.61 Å². The Kier molecular flexibility index (Phi) is 5.72. The molecule has 0 saturated carbocycles. The van der Waals surface area contributed by atoms with E-state index in [1.807, 2.05) is 11.9 Å². The molecular weight excluding hydrogens is 182 g/mol. The third kappa shape index (κ3) is 3.27. The predicted molar refractivity (Wildman–Crippen MR) is 55.5 cm³/mol. The van der Waals surface area contributed by atoms with Crippen molar-refractivity contribution < 1.29 is 14.6 Å². The van der Waals surface area contributed by atoms with Gasteiger partial charge in [-0.1, -0.05) is 13.3 Å². The average molecular weight is 203 g/mol. The van der Waals surface area contributed by atoms with Crippen LogP contribution in [0.4, 0.5) is 0 Å². The van der Waals surface area contributed by atoms with E-state index >= 15 is 0 Å². The van der Waals surface area contributed by atoms with E-state index in [0.29, 0.717) is 0 Å². The monoisotopic (exact) mass is 203 g/mol. The number of carboxylic acids is 1. The fourth-order valence-corrected chi connectivity index (χ4v) is 1.26. The van der Waals surface area contributed by atoms with Crippen LogP contribution in [0.2, 0.25) is 0 Å². The van der Waals surface area contributed by atoms with E-state index in [0.717, 1.165) is 19.4 Å². The summed E-state index contributed by atoms with van der Waals surface area (Å²) in [4.78, 5) is 12.9. The zero-order valence-electron chi connectivity index (χ0n) is 9.54. The maximum absolute atomic E-state index is 11.1. The summed E-state index contributed by atoms with van der Waals surface area (Å²) in [6.45, 7) is 4.77. The molecule has 0 aromatic carbocycles. The highest BCUT2D eigenvalue weighted by atomic mass is 16.5. The first-order valence-corrected chi connectivity index (χ1v) is 4.92. The van der Waals surface area contributed by atoms with Gasteiger partial charge < -0.3 is 9.84 Å². The van der Waals surface area contributed by atoms with Gasteiger partial charge in [0.2, 0.25) is 0 Å². The quantitative estimate of drug-likeness (QED) is 0.675. The molecule has 0 amide bonds. The Hall–Kier alpha value is -0.610. The molecule has 0 heterocycles. The lowest BCUT2D eigenvalue weighted by atomic mass is 10.0. The molecule has 0 aromatic rings. The van der Waals surface area contributed by atoms with Crippen molar-refractivity contribution in [2.75, 3.05) is 27.3 Å². The van der Waals surface area contributed by atoms with Crippen molar-refractivity contribution >= 4 is 5.97 Å². The van der Waals surface area contributed by atoms with Crippen LogP contribution in [0.1, 0.15) is 26.7 Å². The van der Waals surface area contributed by atoms with E-state index in [4.69, 9.17) is 9.84 Å². The Morgan fingerprint density at radius 1 is 1.57 bits per heavy atom. The largest absolute Gasteiger partial charge is 0.480 e. The number of hydrogen-bond acceptors (Lipinski definition) is 3. The summed E-state index contributed by atoms with van der Waals surface area (Å²) in [5.41, 5.74) is -0.913. The Labute approximate surface area is 85.9 Å². The lowest BCUT2D eigenvalue weighted by Crippen LogP contribution is -2.54. The highest BCUT2D eigenvalue weighted by Crippen LogP contribution is 2.14. The number of carboxylic acid groups (broad SMARTS) is 1. The van der Waals surface area contributed by atoms with Gasteiger partial charge in [0.25, 0.3) is 0 Å². The van der Waals surface area contributed by atoms with Crippen LogP contribution in [0.3, 0.4) is 0 Å². The van der Waals surface area contributed by atoms with Crippen LogP contribution in [-0.2, 0) is 9.53 Å². The Bertz CT molecular complexity index is 184. The Balaban J connectivity index is 4.39. The molecule has 0 aliphatic rings. The number of rotatable bonds is 7. The van der Waals surface area contributed by atoms with Gasteiger partial charge in [-0.3, -0.25) is 9.69 Å². The van der Waals surface area contributed by atoms with Crippen LogP contribution >= 0.6 is 0 Å². The second-order valence-corrected chi connectivity index (χ2v) is 3.79. The minimum absolute atomic E-state index is 0.211. The normalized spacial score (nSPS) is 15.5. The average Bonchev–Trinajstić information content (AvgIpc) is 2.14. The van der Waals surface area contributed by atoms with Crippen molar-refractivity contribution in [3.8, 4) is 0 Å². The van der Waals surface area contributed by atoms with Crippen LogP contribution < -0.4 is 0 Å². The number of carbonyl (C=O) groups is 1. The van der Waals surface area contributed by atoms with Crippen LogP contribution in [0, 0.1) is 0 Å².